The Balaban J connectivity index is 2.22. The average Bonchev–Trinajstić information content (AvgIpc) is 2.57. The molecule has 0 atom stereocenters. The highest BCUT2D eigenvalue weighted by Crippen LogP contribution is 2.06. The van der Waals surface area contributed by atoms with E-state index in [1.807, 2.05) is 12.1 Å². The second-order valence-corrected chi connectivity index (χ2v) is 3.67. The van der Waals surface area contributed by atoms with Crippen molar-refractivity contribution in [2.24, 2.45) is 0 Å². The SMILES string of the molecule is O=C(I)NCc1nc2ncccc2[nH]1. The minimum Gasteiger partial charge on any atom is -0.340 e. The standard InChI is InChI=1S/C8H7IN4O/c9-8(14)11-4-6-12-5-2-1-3-10-7(5)13-6/h1-3H,4H2,(H,11,14)(H,10,12,13). The molecule has 0 fully saturated rings. The molecule has 14 heavy (non-hydrogen) atoms. The van der Waals surface area contributed by atoms with E-state index >= 15 is 0 Å². The van der Waals surface area contributed by atoms with Gasteiger partial charge in [-0.3, -0.25) is 4.79 Å². The molecule has 0 bridgehead atoms. The largest absolute Gasteiger partial charge is 0.340 e. The van der Waals surface area contributed by atoms with Crippen LogP contribution in [-0.2, 0) is 6.54 Å². The number of H-pyrrole nitrogens is 1. The van der Waals surface area contributed by atoms with Crippen LogP contribution in [0.2, 0.25) is 0 Å². The molecule has 0 aliphatic heterocycles. The number of carbonyl (C=O) groups excluding carboxylic acids is 1. The highest BCUT2D eigenvalue weighted by molar-refractivity contribution is 14.1. The van der Waals surface area contributed by atoms with Gasteiger partial charge in [0.1, 0.15) is 5.82 Å². The third-order valence-corrected chi connectivity index (χ3v) is 2.08. The number of aromatic amines is 1. The van der Waals surface area contributed by atoms with Gasteiger partial charge < -0.3 is 10.3 Å². The lowest BCUT2D eigenvalue weighted by molar-refractivity contribution is 0.262. The van der Waals surface area contributed by atoms with Crippen molar-refractivity contribution in [2.75, 3.05) is 0 Å². The number of aromatic nitrogens is 3. The number of fused-ring (bicyclic) bond motifs is 1. The van der Waals surface area contributed by atoms with Gasteiger partial charge in [-0.1, -0.05) is 0 Å². The Morgan fingerprint density at radius 1 is 1.64 bits per heavy atom. The van der Waals surface area contributed by atoms with Crippen LogP contribution < -0.4 is 5.32 Å². The van der Waals surface area contributed by atoms with Crippen molar-refractivity contribution in [3.63, 3.8) is 0 Å². The zero-order valence-corrected chi connectivity index (χ0v) is 9.28. The number of amides is 1. The van der Waals surface area contributed by atoms with E-state index in [9.17, 15) is 4.79 Å². The molecule has 5 nitrogen and oxygen atoms in total. The molecule has 0 unspecified atom stereocenters. The van der Waals surface area contributed by atoms with Gasteiger partial charge in [0.2, 0.25) is 0 Å². The Bertz CT molecular complexity index is 434. The maximum Gasteiger partial charge on any atom is 0.281 e. The monoisotopic (exact) mass is 302 g/mol. The van der Waals surface area contributed by atoms with Crippen LogP contribution in [0.25, 0.3) is 11.2 Å². The summed E-state index contributed by atoms with van der Waals surface area (Å²) in [6, 6.07) is 3.73. The minimum absolute atomic E-state index is 0.101. The third kappa shape index (κ3) is 2.00. The number of hydrogen-bond acceptors (Lipinski definition) is 3. The van der Waals surface area contributed by atoms with Crippen LogP contribution in [0.4, 0.5) is 4.79 Å². The van der Waals surface area contributed by atoms with E-state index < -0.39 is 0 Å². The molecule has 6 heteroatoms. The van der Waals surface area contributed by atoms with Crippen LogP contribution in [0.15, 0.2) is 18.3 Å². The lowest BCUT2D eigenvalue weighted by atomic mass is 10.4. The van der Waals surface area contributed by atoms with Gasteiger partial charge in [-0.25, -0.2) is 9.97 Å². The number of nitrogens with one attached hydrogen (secondary N) is 2. The first kappa shape index (κ1) is 9.38. The molecule has 0 aliphatic rings. The normalized spacial score (nSPS) is 10.4. The molecule has 0 spiro atoms. The fraction of sp³-hybridized carbons (Fsp3) is 0.125. The Morgan fingerprint density at radius 3 is 3.21 bits per heavy atom. The Kier molecular flexibility index (Phi) is 2.62. The topological polar surface area (TPSA) is 70.7 Å². The van der Waals surface area contributed by atoms with Crippen LogP contribution in [-0.4, -0.2) is 18.9 Å². The smallest absolute Gasteiger partial charge is 0.281 e. The first-order valence-electron chi connectivity index (χ1n) is 3.98. The average molecular weight is 302 g/mol. The molecule has 2 rings (SSSR count). The molecule has 0 aliphatic carbocycles. The van der Waals surface area contributed by atoms with Crippen molar-refractivity contribution in [1.82, 2.24) is 20.3 Å². The summed E-state index contributed by atoms with van der Waals surface area (Å²) in [6.07, 6.45) is 1.68. The van der Waals surface area contributed by atoms with Gasteiger partial charge in [0, 0.05) is 28.8 Å². The van der Waals surface area contributed by atoms with Gasteiger partial charge >= 0.3 is 0 Å². The number of imidazole rings is 1. The number of halogens is 1. The highest BCUT2D eigenvalue weighted by atomic mass is 127. The minimum atomic E-state index is -0.101. The van der Waals surface area contributed by atoms with Gasteiger partial charge in [0.15, 0.2) is 5.65 Å². The number of rotatable bonds is 2. The summed E-state index contributed by atoms with van der Waals surface area (Å²) in [5, 5.41) is 2.65. The summed E-state index contributed by atoms with van der Waals surface area (Å²) in [5.41, 5.74) is 1.55. The number of pyridine rings is 1. The van der Waals surface area contributed by atoms with Crippen molar-refractivity contribution in [2.45, 2.75) is 6.54 Å². The fourth-order valence-corrected chi connectivity index (χ4v) is 1.32. The predicted molar refractivity (Wildman–Crippen MR) is 60.1 cm³/mol. The van der Waals surface area contributed by atoms with E-state index in [1.165, 1.54) is 0 Å². The molecule has 0 saturated heterocycles. The first-order valence-corrected chi connectivity index (χ1v) is 5.06. The lowest BCUT2D eigenvalue weighted by Gasteiger charge is -1.94. The molecule has 1 amide bonds. The molecule has 2 aromatic heterocycles. The Hall–Kier alpha value is -1.18. The van der Waals surface area contributed by atoms with Crippen LogP contribution in [0.1, 0.15) is 5.82 Å². The number of nitrogens with zero attached hydrogens (tertiary/aromatic N) is 2. The van der Waals surface area contributed by atoms with Gasteiger partial charge in [-0.2, -0.15) is 0 Å². The first-order chi connectivity index (χ1) is 6.75. The Morgan fingerprint density at radius 2 is 2.50 bits per heavy atom. The van der Waals surface area contributed by atoms with E-state index in [0.717, 1.165) is 5.52 Å². The predicted octanol–water partition coefficient (Wildman–Crippen LogP) is 1.60. The zero-order chi connectivity index (χ0) is 9.97. The fourth-order valence-electron chi connectivity index (χ4n) is 1.13. The van der Waals surface area contributed by atoms with Crippen LogP contribution in [0.3, 0.4) is 0 Å². The maximum absolute atomic E-state index is 10.7. The lowest BCUT2D eigenvalue weighted by Crippen LogP contribution is -2.15. The van der Waals surface area contributed by atoms with Crippen LogP contribution in [0.5, 0.6) is 0 Å². The van der Waals surface area contributed by atoms with E-state index in [4.69, 9.17) is 0 Å². The molecule has 2 heterocycles. The third-order valence-electron chi connectivity index (χ3n) is 1.70. The van der Waals surface area contributed by atoms with Gasteiger partial charge in [0.25, 0.3) is 3.91 Å². The van der Waals surface area contributed by atoms with Crippen molar-refractivity contribution in [3.05, 3.63) is 24.2 Å². The van der Waals surface area contributed by atoms with Crippen molar-refractivity contribution < 1.29 is 4.79 Å². The molecule has 2 aromatic rings. The number of carbonyl (C=O) groups is 1. The van der Waals surface area contributed by atoms with Gasteiger partial charge in [0.05, 0.1) is 12.1 Å². The number of hydrogen-bond donors (Lipinski definition) is 2. The summed E-state index contributed by atoms with van der Waals surface area (Å²) < 4.78 is -0.101. The van der Waals surface area contributed by atoms with Gasteiger partial charge in [-0.15, -0.1) is 0 Å². The molecule has 0 aromatic carbocycles. The summed E-state index contributed by atoms with van der Waals surface area (Å²) in [7, 11) is 0. The molecule has 72 valence electrons. The second kappa shape index (κ2) is 3.91. The van der Waals surface area contributed by atoms with Crippen LogP contribution >= 0.6 is 22.6 Å². The molecule has 0 radical (unpaired) electrons. The van der Waals surface area contributed by atoms with Crippen molar-refractivity contribution in [3.8, 4) is 0 Å². The summed E-state index contributed by atoms with van der Waals surface area (Å²) >= 11 is 1.68. The quantitative estimate of drug-likeness (QED) is 0.503. The Labute approximate surface area is 93.5 Å². The zero-order valence-electron chi connectivity index (χ0n) is 7.12. The van der Waals surface area contributed by atoms with E-state index in [2.05, 4.69) is 20.3 Å². The van der Waals surface area contributed by atoms with Crippen LogP contribution in [0, 0.1) is 0 Å². The van der Waals surface area contributed by atoms with E-state index in [-0.39, 0.29) is 3.91 Å². The summed E-state index contributed by atoms with van der Waals surface area (Å²) in [4.78, 5) is 22.0. The second-order valence-electron chi connectivity index (χ2n) is 2.69. The summed E-state index contributed by atoms with van der Waals surface area (Å²) in [5.74, 6) is 0.712. The molecular weight excluding hydrogens is 295 g/mol. The van der Waals surface area contributed by atoms with Gasteiger partial charge in [-0.05, 0) is 12.1 Å². The van der Waals surface area contributed by atoms with Crippen molar-refractivity contribution >= 4 is 37.7 Å². The molecule has 2 N–H and O–H groups in total. The highest BCUT2D eigenvalue weighted by Gasteiger charge is 2.02. The molecular formula is C8H7IN4O. The van der Waals surface area contributed by atoms with E-state index in [1.54, 1.807) is 28.8 Å². The molecule has 0 saturated carbocycles. The summed E-state index contributed by atoms with van der Waals surface area (Å²) in [6.45, 7) is 0.401. The maximum atomic E-state index is 10.7. The van der Waals surface area contributed by atoms with E-state index in [0.29, 0.717) is 18.0 Å². The van der Waals surface area contributed by atoms with Crippen molar-refractivity contribution in [1.29, 1.82) is 0 Å².